The molecule has 1 saturated heterocycles. The van der Waals surface area contributed by atoms with Gasteiger partial charge >= 0.3 is 0 Å². The molecule has 1 N–H and O–H groups in total. The van der Waals surface area contributed by atoms with Gasteiger partial charge < -0.3 is 14.8 Å². The number of amides is 2. The molecule has 9 nitrogen and oxygen atoms in total. The van der Waals surface area contributed by atoms with E-state index in [9.17, 15) is 18.0 Å². The lowest BCUT2D eigenvalue weighted by atomic mass is 10.1. The topological polar surface area (TPSA) is 114 Å². The fraction of sp³-hybridized carbons (Fsp3) is 0.471. The van der Waals surface area contributed by atoms with Crippen molar-refractivity contribution < 1.29 is 27.5 Å². The lowest BCUT2D eigenvalue weighted by Gasteiger charge is -2.27. The van der Waals surface area contributed by atoms with Crippen LogP contribution in [0.4, 0.5) is 0 Å². The van der Waals surface area contributed by atoms with E-state index in [2.05, 4.69) is 10.4 Å². The van der Waals surface area contributed by atoms with Gasteiger partial charge in [-0.1, -0.05) is 6.07 Å². The summed E-state index contributed by atoms with van der Waals surface area (Å²) >= 11 is 0. The van der Waals surface area contributed by atoms with Crippen LogP contribution in [0.5, 0.6) is 11.5 Å². The highest BCUT2D eigenvalue weighted by Gasteiger charge is 2.37. The van der Waals surface area contributed by atoms with Gasteiger partial charge in [0.05, 0.1) is 17.5 Å². The molecule has 1 unspecified atom stereocenters. The van der Waals surface area contributed by atoms with Crippen LogP contribution in [0.1, 0.15) is 24.8 Å². The average molecular weight is 393 g/mol. The maximum atomic E-state index is 12.4. The Hall–Kier alpha value is -2.62. The Morgan fingerprint density at radius 1 is 1.26 bits per heavy atom. The number of rotatable bonds is 4. The number of hydrogen-bond donors (Lipinski definition) is 1. The third-order valence-corrected chi connectivity index (χ3v) is 6.52. The van der Waals surface area contributed by atoms with Crippen LogP contribution in [-0.2, 0) is 26.0 Å². The maximum absolute atomic E-state index is 12.4. The normalized spacial score (nSPS) is 23.3. The number of carbonyl (C=O) groups is 2. The molecular weight excluding hydrogens is 374 g/mol. The van der Waals surface area contributed by atoms with Crippen LogP contribution in [0.15, 0.2) is 23.3 Å². The Labute approximate surface area is 156 Å². The average Bonchev–Trinajstić information content (AvgIpc) is 3.25. The molecule has 0 saturated carbocycles. The lowest BCUT2D eigenvalue weighted by molar-refractivity contribution is -0.133. The van der Waals surface area contributed by atoms with E-state index in [-0.39, 0.29) is 55.2 Å². The first-order valence-electron chi connectivity index (χ1n) is 8.68. The van der Waals surface area contributed by atoms with Crippen molar-refractivity contribution in [3.05, 3.63) is 23.8 Å². The number of benzene rings is 1. The second-order valence-corrected chi connectivity index (χ2v) is 8.94. The van der Waals surface area contributed by atoms with Gasteiger partial charge in [0.25, 0.3) is 5.91 Å². The number of nitrogens with one attached hydrogen (secondary N) is 1. The van der Waals surface area contributed by atoms with E-state index < -0.39 is 15.9 Å². The third-order valence-electron chi connectivity index (χ3n) is 4.77. The molecule has 3 aliphatic rings. The quantitative estimate of drug-likeness (QED) is 0.781. The van der Waals surface area contributed by atoms with E-state index in [1.54, 1.807) is 12.1 Å². The molecule has 3 heterocycles. The van der Waals surface area contributed by atoms with Crippen LogP contribution in [-0.4, -0.2) is 55.3 Å². The molecule has 1 aromatic carbocycles. The van der Waals surface area contributed by atoms with Gasteiger partial charge in [0.1, 0.15) is 5.71 Å². The zero-order chi connectivity index (χ0) is 19.0. The van der Waals surface area contributed by atoms with E-state index in [1.165, 1.54) is 5.01 Å². The summed E-state index contributed by atoms with van der Waals surface area (Å²) in [5, 5.41) is 8.12. The molecule has 3 aliphatic heterocycles. The third kappa shape index (κ3) is 3.75. The molecule has 2 amide bonds. The maximum Gasteiger partial charge on any atom is 0.267 e. The van der Waals surface area contributed by atoms with Gasteiger partial charge in [-0.25, -0.2) is 13.4 Å². The summed E-state index contributed by atoms with van der Waals surface area (Å²) in [5.74, 6) is 0.630. The van der Waals surface area contributed by atoms with Crippen molar-refractivity contribution in [3.8, 4) is 11.5 Å². The molecule has 144 valence electrons. The predicted octanol–water partition coefficient (Wildman–Crippen LogP) is 0.197. The number of hydrazone groups is 1. The van der Waals surface area contributed by atoms with Gasteiger partial charge in [0, 0.05) is 19.4 Å². The molecule has 0 aromatic heterocycles. The van der Waals surface area contributed by atoms with Gasteiger partial charge in [0.2, 0.25) is 12.7 Å². The van der Waals surface area contributed by atoms with Crippen molar-refractivity contribution in [2.75, 3.05) is 18.3 Å². The van der Waals surface area contributed by atoms with E-state index in [4.69, 9.17) is 9.47 Å². The molecule has 0 bridgehead atoms. The van der Waals surface area contributed by atoms with Crippen molar-refractivity contribution >= 4 is 27.4 Å². The van der Waals surface area contributed by atoms with Crippen molar-refractivity contribution in [3.63, 3.8) is 0 Å². The second-order valence-electron chi connectivity index (χ2n) is 6.71. The lowest BCUT2D eigenvalue weighted by Crippen LogP contribution is -2.43. The van der Waals surface area contributed by atoms with Crippen molar-refractivity contribution in [2.24, 2.45) is 5.10 Å². The van der Waals surface area contributed by atoms with Crippen LogP contribution in [0, 0.1) is 0 Å². The number of nitrogens with zero attached hydrogens (tertiary/aromatic N) is 2. The zero-order valence-corrected chi connectivity index (χ0v) is 15.3. The van der Waals surface area contributed by atoms with Crippen LogP contribution in [0.2, 0.25) is 0 Å². The highest BCUT2D eigenvalue weighted by molar-refractivity contribution is 7.91. The molecule has 1 aromatic rings. The molecule has 1 fully saturated rings. The Balaban J connectivity index is 1.42. The smallest absolute Gasteiger partial charge is 0.267 e. The minimum Gasteiger partial charge on any atom is -0.454 e. The summed E-state index contributed by atoms with van der Waals surface area (Å²) < 4.78 is 33.9. The van der Waals surface area contributed by atoms with Gasteiger partial charge in [-0.3, -0.25) is 9.59 Å². The summed E-state index contributed by atoms with van der Waals surface area (Å²) in [6, 6.07) is 4.92. The van der Waals surface area contributed by atoms with Crippen molar-refractivity contribution in [2.45, 2.75) is 31.8 Å². The predicted molar refractivity (Wildman–Crippen MR) is 95.0 cm³/mol. The number of hydrogen-bond acceptors (Lipinski definition) is 7. The Bertz CT molecular complexity index is 927. The van der Waals surface area contributed by atoms with E-state index in [0.717, 1.165) is 5.56 Å². The minimum absolute atomic E-state index is 0.0443. The zero-order valence-electron chi connectivity index (χ0n) is 14.5. The van der Waals surface area contributed by atoms with Gasteiger partial charge in [-0.15, -0.1) is 0 Å². The molecule has 1 atom stereocenters. The molecule has 0 radical (unpaired) electrons. The summed E-state index contributed by atoms with van der Waals surface area (Å²) in [6.07, 6.45) is 0.734. The fourth-order valence-electron chi connectivity index (χ4n) is 3.32. The highest BCUT2D eigenvalue weighted by atomic mass is 32.2. The second kappa shape index (κ2) is 6.84. The highest BCUT2D eigenvalue weighted by Crippen LogP contribution is 2.32. The van der Waals surface area contributed by atoms with Gasteiger partial charge in [-0.05, 0) is 24.1 Å². The van der Waals surface area contributed by atoms with E-state index in [1.807, 2.05) is 6.07 Å². The fourth-order valence-corrected chi connectivity index (χ4v) is 5.02. The van der Waals surface area contributed by atoms with Gasteiger partial charge in [-0.2, -0.15) is 5.10 Å². The minimum atomic E-state index is -3.14. The SMILES string of the molecule is O=C(NCc1ccc2c(c1)OCO2)C1=NN(C2CCS(=O)(=O)C2)C(=O)CC1. The molecule has 27 heavy (non-hydrogen) atoms. The van der Waals surface area contributed by atoms with Crippen LogP contribution in [0.25, 0.3) is 0 Å². The van der Waals surface area contributed by atoms with Crippen molar-refractivity contribution in [1.82, 2.24) is 10.3 Å². The summed E-state index contributed by atoms with van der Waals surface area (Å²) in [5.41, 5.74) is 1.08. The number of ether oxygens (including phenoxy) is 2. The molecule has 4 rings (SSSR count). The summed E-state index contributed by atoms with van der Waals surface area (Å²) in [7, 11) is -3.14. The molecular formula is C17H19N3O6S. The molecule has 0 aliphatic carbocycles. The summed E-state index contributed by atoms with van der Waals surface area (Å²) in [6.45, 7) is 0.461. The number of fused-ring (bicyclic) bond motifs is 1. The van der Waals surface area contributed by atoms with Crippen LogP contribution >= 0.6 is 0 Å². The van der Waals surface area contributed by atoms with Crippen LogP contribution in [0.3, 0.4) is 0 Å². The standard InChI is InChI=1S/C17H19N3O6S/c21-16-4-2-13(19-20(16)12-5-6-27(23,24)9-12)17(22)18-8-11-1-3-14-15(7-11)26-10-25-14/h1,3,7,12H,2,4-6,8-10H2,(H,18,22). The molecule has 0 spiro atoms. The largest absolute Gasteiger partial charge is 0.454 e. The first kappa shape index (κ1) is 17.8. The van der Waals surface area contributed by atoms with Gasteiger partial charge in [0.15, 0.2) is 21.3 Å². The van der Waals surface area contributed by atoms with Crippen LogP contribution < -0.4 is 14.8 Å². The first-order valence-corrected chi connectivity index (χ1v) is 10.5. The summed E-state index contributed by atoms with van der Waals surface area (Å²) in [4.78, 5) is 24.6. The Morgan fingerprint density at radius 2 is 2.07 bits per heavy atom. The first-order chi connectivity index (χ1) is 12.9. The monoisotopic (exact) mass is 393 g/mol. The number of sulfone groups is 1. The molecule has 10 heteroatoms. The van der Waals surface area contributed by atoms with Crippen molar-refractivity contribution in [1.29, 1.82) is 0 Å². The Morgan fingerprint density at radius 3 is 2.85 bits per heavy atom. The van der Waals surface area contributed by atoms with E-state index in [0.29, 0.717) is 17.9 Å². The Kier molecular flexibility index (Phi) is 4.50. The number of carbonyl (C=O) groups excluding carboxylic acids is 2. The van der Waals surface area contributed by atoms with E-state index >= 15 is 0 Å².